The van der Waals surface area contributed by atoms with Crippen molar-refractivity contribution < 1.29 is 71.7 Å². The number of halogens is 12. The van der Waals surface area contributed by atoms with Gasteiger partial charge in [-0.2, -0.15) is 52.7 Å². The minimum atomic E-state index is -7.83. The minimum absolute atomic E-state index is 0.0697. The van der Waals surface area contributed by atoms with Gasteiger partial charge in [-0.05, 0) is 0 Å². The van der Waals surface area contributed by atoms with Crippen LogP contribution in [-0.4, -0.2) is 60.7 Å². The van der Waals surface area contributed by atoms with Crippen LogP contribution in [0.4, 0.5) is 52.7 Å². The summed E-state index contributed by atoms with van der Waals surface area (Å²) in [5.74, 6) is -47.2. The molecule has 0 atom stereocenters. The van der Waals surface area contributed by atoms with Crippen molar-refractivity contribution in [1.29, 1.82) is 0 Å². The molecule has 0 unspecified atom stereocenters. The van der Waals surface area contributed by atoms with E-state index in [0.717, 1.165) is 0 Å². The first-order chi connectivity index (χ1) is 13.2. The summed E-state index contributed by atoms with van der Waals surface area (Å²) in [5.41, 5.74) is 0. The van der Waals surface area contributed by atoms with E-state index < -0.39 is 60.7 Å². The van der Waals surface area contributed by atoms with Crippen LogP contribution in [0.5, 0.6) is 0 Å². The molecule has 0 aliphatic carbocycles. The van der Waals surface area contributed by atoms with Gasteiger partial charge in [-0.1, -0.05) is 13.2 Å². The highest BCUT2D eigenvalue weighted by Crippen LogP contribution is 2.60. The zero-order valence-electron chi connectivity index (χ0n) is 14.2. The van der Waals surface area contributed by atoms with Gasteiger partial charge in [0.2, 0.25) is 0 Å². The SMILES string of the molecule is C=CC(=O)OCC(F)(F)C(F)(F)C(F)(F)C(F)(F)C(F)(F)C(F)(F)COC(=O)C=C. The number of esters is 2. The molecule has 30 heavy (non-hydrogen) atoms. The molecule has 174 valence electrons. The largest absolute Gasteiger partial charge is 0.456 e. The van der Waals surface area contributed by atoms with Gasteiger partial charge in [0.1, 0.15) is 0 Å². The van der Waals surface area contributed by atoms with Crippen LogP contribution in [0.3, 0.4) is 0 Å². The summed E-state index contributed by atoms with van der Waals surface area (Å²) in [6.07, 6.45) is 0.139. The Balaban J connectivity index is 6.11. The van der Waals surface area contributed by atoms with Crippen molar-refractivity contribution in [3.05, 3.63) is 25.3 Å². The van der Waals surface area contributed by atoms with E-state index in [2.05, 4.69) is 22.6 Å². The van der Waals surface area contributed by atoms with Gasteiger partial charge in [0.25, 0.3) is 0 Å². The second-order valence-electron chi connectivity index (χ2n) is 5.33. The molecule has 0 aromatic carbocycles. The molecule has 0 bridgehead atoms. The molecule has 0 aromatic rings. The maximum Gasteiger partial charge on any atom is 0.384 e. The van der Waals surface area contributed by atoms with Gasteiger partial charge in [-0.3, -0.25) is 0 Å². The van der Waals surface area contributed by atoms with Crippen LogP contribution in [0, 0.1) is 0 Å². The fourth-order valence-corrected chi connectivity index (χ4v) is 1.48. The van der Waals surface area contributed by atoms with Crippen molar-refractivity contribution in [1.82, 2.24) is 0 Å². The zero-order chi connectivity index (χ0) is 24.4. The average molecular weight is 470 g/mol. The monoisotopic (exact) mass is 470 g/mol. The molecule has 0 aliphatic rings. The van der Waals surface area contributed by atoms with Crippen molar-refractivity contribution in [2.45, 2.75) is 35.5 Å². The van der Waals surface area contributed by atoms with E-state index >= 15 is 0 Å². The first-order valence-electron chi connectivity index (χ1n) is 7.01. The minimum Gasteiger partial charge on any atom is -0.456 e. The lowest BCUT2D eigenvalue weighted by molar-refractivity contribution is -0.428. The fraction of sp³-hybridized carbons (Fsp3) is 0.571. The number of carbonyl (C=O) groups excluding carboxylic acids is 2. The van der Waals surface area contributed by atoms with E-state index in [4.69, 9.17) is 0 Å². The summed E-state index contributed by atoms with van der Waals surface area (Å²) < 4.78 is 168. The average Bonchev–Trinajstić information content (AvgIpc) is 2.63. The normalized spacial score (nSPS) is 14.1. The molecule has 0 radical (unpaired) electrons. The third-order valence-corrected chi connectivity index (χ3v) is 3.23. The zero-order valence-corrected chi connectivity index (χ0v) is 14.2. The van der Waals surface area contributed by atoms with Crippen molar-refractivity contribution in [3.8, 4) is 0 Å². The topological polar surface area (TPSA) is 52.6 Å². The number of rotatable bonds is 11. The van der Waals surface area contributed by atoms with Crippen molar-refractivity contribution in [2.75, 3.05) is 13.2 Å². The number of ether oxygens (including phenoxy) is 2. The summed E-state index contributed by atoms with van der Waals surface area (Å²) in [4.78, 5) is 21.1. The quantitative estimate of drug-likeness (QED) is 0.258. The predicted octanol–water partition coefficient (Wildman–Crippen LogP) is 4.26. The molecule has 0 amide bonds. The number of carbonyl (C=O) groups is 2. The van der Waals surface area contributed by atoms with Crippen molar-refractivity contribution in [3.63, 3.8) is 0 Å². The molecular formula is C14H10F12O4. The molecule has 0 aromatic heterocycles. The van der Waals surface area contributed by atoms with Crippen molar-refractivity contribution in [2.24, 2.45) is 0 Å². The number of hydrogen-bond acceptors (Lipinski definition) is 4. The van der Waals surface area contributed by atoms with Gasteiger partial charge < -0.3 is 9.47 Å². The van der Waals surface area contributed by atoms with Crippen LogP contribution in [-0.2, 0) is 19.1 Å². The summed E-state index contributed by atoms with van der Waals surface area (Å²) in [6.45, 7) is -0.822. The van der Waals surface area contributed by atoms with Crippen LogP contribution in [0.1, 0.15) is 0 Å². The second-order valence-corrected chi connectivity index (χ2v) is 5.33. The maximum atomic E-state index is 13.5. The van der Waals surface area contributed by atoms with Gasteiger partial charge >= 0.3 is 47.5 Å². The number of hydrogen-bond donors (Lipinski definition) is 0. The molecule has 0 saturated carbocycles. The maximum absolute atomic E-state index is 13.5. The lowest BCUT2D eigenvalue weighted by Gasteiger charge is -2.40. The Morgan fingerprint density at radius 2 is 0.800 bits per heavy atom. The Bertz CT molecular complexity index is 628. The van der Waals surface area contributed by atoms with E-state index in [1.54, 1.807) is 0 Å². The summed E-state index contributed by atoms with van der Waals surface area (Å²) in [7, 11) is 0. The van der Waals surface area contributed by atoms with Crippen LogP contribution in [0.15, 0.2) is 25.3 Å². The van der Waals surface area contributed by atoms with Crippen molar-refractivity contribution >= 4 is 11.9 Å². The predicted molar refractivity (Wildman–Crippen MR) is 72.0 cm³/mol. The molecule has 16 heteroatoms. The molecule has 0 aliphatic heterocycles. The molecule has 0 N–H and O–H groups in total. The van der Waals surface area contributed by atoms with Crippen LogP contribution < -0.4 is 0 Å². The summed E-state index contributed by atoms with van der Waals surface area (Å²) in [6, 6.07) is 0. The van der Waals surface area contributed by atoms with Crippen LogP contribution >= 0.6 is 0 Å². The Hall–Kier alpha value is -2.42. The third kappa shape index (κ3) is 4.50. The molecular weight excluding hydrogens is 460 g/mol. The second kappa shape index (κ2) is 8.37. The highest BCUT2D eigenvalue weighted by molar-refractivity contribution is 5.81. The Kier molecular flexibility index (Phi) is 7.70. The van der Waals surface area contributed by atoms with E-state index in [0.29, 0.717) is 0 Å². The first-order valence-corrected chi connectivity index (χ1v) is 7.01. The standard InChI is InChI=1S/C14H10F12O4/c1-3-7(27)29-5-9(15,16)11(19,20)13(23,24)14(25,26)12(21,22)10(17,18)6-30-8(28)4-2/h3-4H,1-2,5-6H2. The highest BCUT2D eigenvalue weighted by atomic mass is 19.4. The van der Waals surface area contributed by atoms with Crippen LogP contribution in [0.2, 0.25) is 0 Å². The number of alkyl halides is 12. The molecule has 0 heterocycles. The van der Waals surface area contributed by atoms with Gasteiger partial charge in [-0.25, -0.2) is 9.59 Å². The van der Waals surface area contributed by atoms with Gasteiger partial charge in [0.05, 0.1) is 0 Å². The van der Waals surface area contributed by atoms with Gasteiger partial charge in [0.15, 0.2) is 13.2 Å². The van der Waals surface area contributed by atoms with Gasteiger partial charge in [-0.15, -0.1) is 0 Å². The molecule has 4 nitrogen and oxygen atoms in total. The van der Waals surface area contributed by atoms with Crippen LogP contribution in [0.25, 0.3) is 0 Å². The highest BCUT2D eigenvalue weighted by Gasteiger charge is 2.90. The molecule has 0 spiro atoms. The smallest absolute Gasteiger partial charge is 0.384 e. The van der Waals surface area contributed by atoms with E-state index in [1.165, 1.54) is 0 Å². The molecule has 0 fully saturated rings. The summed E-state index contributed by atoms with van der Waals surface area (Å²) in [5, 5.41) is 0. The summed E-state index contributed by atoms with van der Waals surface area (Å²) >= 11 is 0. The van der Waals surface area contributed by atoms with E-state index in [-0.39, 0.29) is 12.2 Å². The Morgan fingerprint density at radius 1 is 0.567 bits per heavy atom. The van der Waals surface area contributed by atoms with E-state index in [1.807, 2.05) is 0 Å². The Morgan fingerprint density at radius 3 is 1.00 bits per heavy atom. The Labute approximate surface area is 159 Å². The van der Waals surface area contributed by atoms with Gasteiger partial charge in [0, 0.05) is 12.2 Å². The molecule has 0 saturated heterocycles. The third-order valence-electron chi connectivity index (χ3n) is 3.23. The lowest BCUT2D eigenvalue weighted by Crippen LogP contribution is -2.71. The van der Waals surface area contributed by atoms with E-state index in [9.17, 15) is 62.3 Å². The molecule has 0 rings (SSSR count). The lowest BCUT2D eigenvalue weighted by atomic mass is 9.91. The fourth-order valence-electron chi connectivity index (χ4n) is 1.48. The first kappa shape index (κ1) is 27.6.